The number of halogens is 1. The molecule has 1 unspecified atom stereocenters. The largest absolute Gasteiger partial charge is 0.464 e. The Balaban J connectivity index is 2.45. The van der Waals surface area contributed by atoms with Gasteiger partial charge >= 0.3 is 5.97 Å². The number of aliphatic hydroxyl groups excluding tert-OH is 1. The van der Waals surface area contributed by atoms with Crippen molar-refractivity contribution in [1.82, 2.24) is 0 Å². The normalized spacial score (nSPS) is 14.3. The van der Waals surface area contributed by atoms with Crippen LogP contribution in [0.4, 0.5) is 0 Å². The Morgan fingerprint density at radius 2 is 2.26 bits per heavy atom. The maximum absolute atomic E-state index is 11.7. The molecule has 19 heavy (non-hydrogen) atoms. The smallest absolute Gasteiger partial charge is 0.339 e. The van der Waals surface area contributed by atoms with E-state index in [4.69, 9.17) is 14.2 Å². The van der Waals surface area contributed by atoms with Crippen molar-refractivity contribution in [2.24, 2.45) is 0 Å². The van der Waals surface area contributed by atoms with E-state index in [9.17, 15) is 9.90 Å². The van der Waals surface area contributed by atoms with E-state index in [2.05, 4.69) is 15.9 Å². The molecular formula is C13H15BrO5. The third-order valence-electron chi connectivity index (χ3n) is 2.90. The third-order valence-corrected chi connectivity index (χ3v) is 3.74. The first-order valence-corrected chi connectivity index (χ1v) is 6.85. The molecule has 0 radical (unpaired) electrons. The second-order valence-corrected chi connectivity index (χ2v) is 4.79. The van der Waals surface area contributed by atoms with Crippen molar-refractivity contribution in [2.45, 2.75) is 26.4 Å². The van der Waals surface area contributed by atoms with Crippen molar-refractivity contribution in [3.63, 3.8) is 0 Å². The minimum absolute atomic E-state index is 0.135. The zero-order valence-electron chi connectivity index (χ0n) is 10.7. The number of ether oxygens (including phenoxy) is 3. The van der Waals surface area contributed by atoms with Crippen LogP contribution in [0.5, 0.6) is 11.5 Å². The predicted molar refractivity (Wildman–Crippen MR) is 71.2 cm³/mol. The summed E-state index contributed by atoms with van der Waals surface area (Å²) >= 11 is 3.43. The van der Waals surface area contributed by atoms with Crippen LogP contribution >= 0.6 is 15.9 Å². The molecule has 5 nitrogen and oxygen atoms in total. The Morgan fingerprint density at radius 3 is 2.89 bits per heavy atom. The van der Waals surface area contributed by atoms with Gasteiger partial charge in [-0.3, -0.25) is 0 Å². The highest BCUT2D eigenvalue weighted by Crippen LogP contribution is 2.44. The summed E-state index contributed by atoms with van der Waals surface area (Å²) in [7, 11) is 0. The molecule has 1 aliphatic heterocycles. The highest BCUT2D eigenvalue weighted by atomic mass is 79.9. The van der Waals surface area contributed by atoms with Crippen molar-refractivity contribution in [1.29, 1.82) is 0 Å². The van der Waals surface area contributed by atoms with Gasteiger partial charge < -0.3 is 19.3 Å². The summed E-state index contributed by atoms with van der Waals surface area (Å²) in [6.45, 7) is 3.99. The van der Waals surface area contributed by atoms with Gasteiger partial charge in [-0.1, -0.05) is 6.92 Å². The van der Waals surface area contributed by atoms with Crippen molar-refractivity contribution in [3.8, 4) is 11.5 Å². The molecule has 6 heteroatoms. The number of hydrogen-bond acceptors (Lipinski definition) is 5. The Bertz CT molecular complexity index is 500. The van der Waals surface area contributed by atoms with E-state index in [1.165, 1.54) is 0 Å². The Labute approximate surface area is 119 Å². The molecule has 1 aromatic carbocycles. The number of rotatable bonds is 4. The molecule has 0 aliphatic carbocycles. The van der Waals surface area contributed by atoms with Gasteiger partial charge in [0.05, 0.1) is 11.1 Å². The lowest BCUT2D eigenvalue weighted by Crippen LogP contribution is -2.17. The van der Waals surface area contributed by atoms with Crippen LogP contribution in [0, 0.1) is 0 Å². The van der Waals surface area contributed by atoms with Gasteiger partial charge in [0.15, 0.2) is 17.6 Å². The molecule has 1 N–H and O–H groups in total. The zero-order chi connectivity index (χ0) is 14.0. The Hall–Kier alpha value is -1.27. The second-order valence-electron chi connectivity index (χ2n) is 4.00. The molecule has 0 amide bonds. The zero-order valence-corrected chi connectivity index (χ0v) is 12.3. The van der Waals surface area contributed by atoms with Gasteiger partial charge in [-0.25, -0.2) is 4.79 Å². The van der Waals surface area contributed by atoms with Crippen LogP contribution in [0.25, 0.3) is 0 Å². The number of aliphatic hydroxyl groups is 1. The van der Waals surface area contributed by atoms with Crippen LogP contribution in [-0.2, 0) is 16.0 Å². The fourth-order valence-electron chi connectivity index (χ4n) is 2.01. The summed E-state index contributed by atoms with van der Waals surface area (Å²) in [6.07, 6.45) is -0.677. The van der Waals surface area contributed by atoms with E-state index >= 15 is 0 Å². The fraction of sp³-hybridized carbons (Fsp3) is 0.462. The average Bonchev–Trinajstić information content (AvgIpc) is 2.86. The molecule has 104 valence electrons. The minimum atomic E-state index is -1.32. The summed E-state index contributed by atoms with van der Waals surface area (Å²) in [5, 5.41) is 10.1. The van der Waals surface area contributed by atoms with Crippen LogP contribution in [0.15, 0.2) is 10.5 Å². The number of fused-ring (bicyclic) bond motifs is 1. The monoisotopic (exact) mass is 330 g/mol. The van der Waals surface area contributed by atoms with Gasteiger partial charge in [-0.05, 0) is 46.5 Å². The molecule has 1 heterocycles. The van der Waals surface area contributed by atoms with Crippen LogP contribution in [0.2, 0.25) is 0 Å². The van der Waals surface area contributed by atoms with Crippen LogP contribution in [-0.4, -0.2) is 24.5 Å². The standard InChI is InChI=1S/C13H15BrO5/c1-3-7-8(11(15)13(16)17-4-2)5-9-12(10(7)14)19-6-18-9/h5,11,15H,3-4,6H2,1-2H3. The summed E-state index contributed by atoms with van der Waals surface area (Å²) in [6, 6.07) is 1.63. The Kier molecular flexibility index (Phi) is 4.31. The molecule has 0 fully saturated rings. The lowest BCUT2D eigenvalue weighted by molar-refractivity contribution is -0.153. The van der Waals surface area contributed by atoms with E-state index in [1.807, 2.05) is 6.92 Å². The van der Waals surface area contributed by atoms with Crippen molar-refractivity contribution in [2.75, 3.05) is 13.4 Å². The number of carbonyl (C=O) groups is 1. The van der Waals surface area contributed by atoms with E-state index in [-0.39, 0.29) is 13.4 Å². The van der Waals surface area contributed by atoms with Crippen LogP contribution < -0.4 is 9.47 Å². The quantitative estimate of drug-likeness (QED) is 0.858. The fourth-order valence-corrected chi connectivity index (χ4v) is 2.83. The molecule has 1 aliphatic rings. The maximum atomic E-state index is 11.7. The minimum Gasteiger partial charge on any atom is -0.464 e. The van der Waals surface area contributed by atoms with E-state index < -0.39 is 12.1 Å². The maximum Gasteiger partial charge on any atom is 0.339 e. The number of esters is 1. The van der Waals surface area contributed by atoms with Gasteiger partial charge in [-0.15, -0.1) is 0 Å². The number of benzene rings is 1. The summed E-state index contributed by atoms with van der Waals surface area (Å²) in [4.78, 5) is 11.7. The van der Waals surface area contributed by atoms with Gasteiger partial charge in [0.1, 0.15) is 0 Å². The predicted octanol–water partition coefficient (Wildman–Crippen LogP) is 2.34. The highest BCUT2D eigenvalue weighted by Gasteiger charge is 2.28. The summed E-state index contributed by atoms with van der Waals surface area (Å²) in [5.41, 5.74) is 1.29. The van der Waals surface area contributed by atoms with Gasteiger partial charge in [-0.2, -0.15) is 0 Å². The molecule has 1 atom stereocenters. The van der Waals surface area contributed by atoms with Crippen molar-refractivity contribution < 1.29 is 24.1 Å². The first-order chi connectivity index (χ1) is 9.10. The molecule has 0 saturated carbocycles. The van der Waals surface area contributed by atoms with Crippen molar-refractivity contribution >= 4 is 21.9 Å². The highest BCUT2D eigenvalue weighted by molar-refractivity contribution is 9.10. The number of carbonyl (C=O) groups excluding carboxylic acids is 1. The first-order valence-electron chi connectivity index (χ1n) is 6.05. The lowest BCUT2D eigenvalue weighted by Gasteiger charge is -2.16. The number of hydrogen-bond donors (Lipinski definition) is 1. The molecule has 0 aromatic heterocycles. The van der Waals surface area contributed by atoms with E-state index in [1.54, 1.807) is 13.0 Å². The van der Waals surface area contributed by atoms with E-state index in [0.29, 0.717) is 28.0 Å². The molecule has 1 aromatic rings. The van der Waals surface area contributed by atoms with Gasteiger partial charge in [0, 0.05) is 0 Å². The van der Waals surface area contributed by atoms with Gasteiger partial charge in [0.2, 0.25) is 6.79 Å². The average molecular weight is 331 g/mol. The third kappa shape index (κ3) is 2.55. The SMILES string of the molecule is CCOC(=O)C(O)c1cc2c(c(Br)c1CC)OCO2. The molecule has 0 spiro atoms. The van der Waals surface area contributed by atoms with E-state index in [0.717, 1.165) is 5.56 Å². The van der Waals surface area contributed by atoms with Crippen LogP contribution in [0.3, 0.4) is 0 Å². The van der Waals surface area contributed by atoms with Crippen LogP contribution in [0.1, 0.15) is 31.1 Å². The van der Waals surface area contributed by atoms with Crippen molar-refractivity contribution in [3.05, 3.63) is 21.7 Å². The molecule has 0 bridgehead atoms. The lowest BCUT2D eigenvalue weighted by atomic mass is 9.99. The first kappa shape index (κ1) is 14.1. The second kappa shape index (κ2) is 5.79. The molecule has 0 saturated heterocycles. The molecule has 2 rings (SSSR count). The Morgan fingerprint density at radius 1 is 1.53 bits per heavy atom. The summed E-state index contributed by atoms with van der Waals surface area (Å²) in [5.74, 6) is 0.460. The topological polar surface area (TPSA) is 65.0 Å². The summed E-state index contributed by atoms with van der Waals surface area (Å²) < 4.78 is 16.2. The van der Waals surface area contributed by atoms with Gasteiger partial charge in [0.25, 0.3) is 0 Å². The molecular weight excluding hydrogens is 316 g/mol.